The van der Waals surface area contributed by atoms with Gasteiger partial charge >= 0.3 is 51.4 Å². The summed E-state index contributed by atoms with van der Waals surface area (Å²) in [7, 11) is 0. The van der Waals surface area contributed by atoms with Gasteiger partial charge in [-0.3, -0.25) is 0 Å². The van der Waals surface area contributed by atoms with Crippen LogP contribution < -0.4 is 51.4 Å². The van der Waals surface area contributed by atoms with Crippen LogP contribution in [0, 0.1) is 0 Å². The molecule has 0 rings (SSSR count). The van der Waals surface area contributed by atoms with Crippen LogP contribution in [0.4, 0.5) is 0 Å². The molecule has 0 fully saturated rings. The molecular weight excluding hydrogens is 183 g/mol. The fourth-order valence-corrected chi connectivity index (χ4v) is 0. The van der Waals surface area contributed by atoms with Gasteiger partial charge in [-0.15, -0.1) is 0 Å². The summed E-state index contributed by atoms with van der Waals surface area (Å²) in [6.07, 6.45) is 0. The Labute approximate surface area is 88.6 Å². The molecule has 0 atom stereocenters. The van der Waals surface area contributed by atoms with E-state index in [1.54, 1.807) is 0 Å². The Bertz CT molecular complexity index is 10.8. The van der Waals surface area contributed by atoms with Gasteiger partial charge in [-0.2, -0.15) is 0 Å². The molecule has 0 saturated carbocycles. The third kappa shape index (κ3) is 22.6. The van der Waals surface area contributed by atoms with Gasteiger partial charge in [0.25, 0.3) is 0 Å². The monoisotopic (exact) mass is 192 g/mol. The summed E-state index contributed by atoms with van der Waals surface area (Å²) < 4.78 is 0. The Morgan fingerprint density at radius 2 is 0.800 bits per heavy atom. The first-order chi connectivity index (χ1) is 0. The fourth-order valence-electron chi connectivity index (χ4n) is 0. The average Bonchev–Trinajstić information content (AvgIpc) is 0. The predicted molar refractivity (Wildman–Crippen MR) is 12.0 cm³/mol. The number of hydrogen-bond acceptors (Lipinski definition) is 0. The molecule has 0 spiro atoms. The zero-order valence-electron chi connectivity index (χ0n) is 3.91. The van der Waals surface area contributed by atoms with Gasteiger partial charge in [0.05, 0.1) is 0 Å². The summed E-state index contributed by atoms with van der Waals surface area (Å²) in [5, 5.41) is 0. The first-order valence-corrected chi connectivity index (χ1v) is 0. The second kappa shape index (κ2) is 34.6. The molecule has 0 bridgehead atoms. The van der Waals surface area contributed by atoms with Crippen molar-refractivity contribution >= 4 is 0 Å². The molecule has 5 heteroatoms. The largest absolute Gasteiger partial charge is 1.00 e. The molecule has 0 aliphatic heterocycles. The first kappa shape index (κ1) is 57.1. The normalized spacial score (nSPS) is 0. The Hall–Kier alpha value is 2.20. The van der Waals surface area contributed by atoms with Gasteiger partial charge in [0.2, 0.25) is 0 Å². The maximum Gasteiger partial charge on any atom is 1.00 e. The molecule has 0 saturated heterocycles. The molecule has 0 aliphatic carbocycles. The van der Waals surface area contributed by atoms with E-state index in [9.17, 15) is 0 Å². The molecule has 0 unspecified atom stereocenters. The van der Waals surface area contributed by atoms with Crippen molar-refractivity contribution in [3.8, 4) is 0 Å². The van der Waals surface area contributed by atoms with Crippen LogP contribution >= 0.6 is 0 Å². The number of hydrogen-bond donors (Lipinski definition) is 0. The van der Waals surface area contributed by atoms with Gasteiger partial charge in [0, 0.05) is 21.1 Å². The minimum atomic E-state index is 0. The standard InChI is InChI=1S/K.Mo.3H2O.H/h;;3*1H2;/q+1;;;;;-1. The van der Waals surface area contributed by atoms with Crippen molar-refractivity contribution in [1.29, 1.82) is 0 Å². The third-order valence-corrected chi connectivity index (χ3v) is 0. The first-order valence-electron chi connectivity index (χ1n) is 0. The molecule has 0 amide bonds. The van der Waals surface area contributed by atoms with E-state index in [-0.39, 0.29) is 90.3 Å². The average molecular weight is 190 g/mol. The van der Waals surface area contributed by atoms with E-state index >= 15 is 0 Å². The summed E-state index contributed by atoms with van der Waals surface area (Å²) in [5.41, 5.74) is 0. The molecule has 0 radical (unpaired) electrons. The molecule has 0 aromatic rings. The van der Waals surface area contributed by atoms with Crippen molar-refractivity contribution in [2.24, 2.45) is 0 Å². The summed E-state index contributed by atoms with van der Waals surface area (Å²) in [6.45, 7) is 0. The smallest absolute Gasteiger partial charge is 1.00 e. The van der Waals surface area contributed by atoms with Gasteiger partial charge in [0.1, 0.15) is 0 Å². The van der Waals surface area contributed by atoms with E-state index in [4.69, 9.17) is 0 Å². The van der Waals surface area contributed by atoms with Gasteiger partial charge in [-0.1, -0.05) is 0 Å². The van der Waals surface area contributed by atoms with Crippen molar-refractivity contribution in [2.75, 3.05) is 0 Å². The van der Waals surface area contributed by atoms with Gasteiger partial charge < -0.3 is 17.9 Å². The zero-order valence-corrected chi connectivity index (χ0v) is 8.04. The fraction of sp³-hybridized carbons (Fsp3) is 0. The molecule has 3 nitrogen and oxygen atoms in total. The van der Waals surface area contributed by atoms with Crippen molar-refractivity contribution in [1.82, 2.24) is 0 Å². The van der Waals surface area contributed by atoms with Gasteiger partial charge in [-0.25, -0.2) is 0 Å². The van der Waals surface area contributed by atoms with E-state index in [2.05, 4.69) is 0 Å². The van der Waals surface area contributed by atoms with Crippen LogP contribution in [0.1, 0.15) is 1.43 Å². The number of rotatable bonds is 0. The second-order valence-corrected chi connectivity index (χ2v) is 0. The maximum absolute atomic E-state index is 0. The topological polar surface area (TPSA) is 94.5 Å². The van der Waals surface area contributed by atoms with Gasteiger partial charge in [-0.05, 0) is 0 Å². The van der Waals surface area contributed by atoms with E-state index in [1.807, 2.05) is 0 Å². The molecule has 32 valence electrons. The van der Waals surface area contributed by atoms with Crippen LogP contribution in [0.5, 0.6) is 0 Å². The minimum absolute atomic E-state index is 0. The van der Waals surface area contributed by atoms with E-state index < -0.39 is 0 Å². The minimum Gasteiger partial charge on any atom is -1.00 e. The molecular formula is H7KMoO3. The van der Waals surface area contributed by atoms with Crippen molar-refractivity contribution in [3.63, 3.8) is 0 Å². The molecule has 6 N–H and O–H groups in total. The summed E-state index contributed by atoms with van der Waals surface area (Å²) in [6, 6.07) is 0. The SMILES string of the molecule is O.O.O.[H-].[K+].[Mo]. The van der Waals surface area contributed by atoms with Crippen LogP contribution in [0.3, 0.4) is 0 Å². The van der Waals surface area contributed by atoms with E-state index in [1.165, 1.54) is 0 Å². The van der Waals surface area contributed by atoms with Crippen LogP contribution in [0.2, 0.25) is 0 Å². The summed E-state index contributed by atoms with van der Waals surface area (Å²) in [4.78, 5) is 0. The predicted octanol–water partition coefficient (Wildman–Crippen LogP) is -5.36. The van der Waals surface area contributed by atoms with Crippen LogP contribution in [-0.4, -0.2) is 16.4 Å². The van der Waals surface area contributed by atoms with Crippen LogP contribution in [-0.2, 0) is 21.1 Å². The van der Waals surface area contributed by atoms with Crippen LogP contribution in [0.25, 0.3) is 0 Å². The second-order valence-electron chi connectivity index (χ2n) is 0. The molecule has 5 heavy (non-hydrogen) atoms. The Morgan fingerprint density at radius 1 is 0.800 bits per heavy atom. The molecule has 0 aromatic carbocycles. The Morgan fingerprint density at radius 3 is 0.800 bits per heavy atom. The van der Waals surface area contributed by atoms with E-state index in [0.717, 1.165) is 0 Å². The third-order valence-electron chi connectivity index (χ3n) is 0. The van der Waals surface area contributed by atoms with Gasteiger partial charge in [0.15, 0.2) is 0 Å². The van der Waals surface area contributed by atoms with Crippen molar-refractivity contribution in [3.05, 3.63) is 0 Å². The quantitative estimate of drug-likeness (QED) is 0.341. The zero-order chi connectivity index (χ0) is 0. The van der Waals surface area contributed by atoms with Crippen molar-refractivity contribution < 1.29 is 90.3 Å². The Kier molecular flexibility index (Phi) is 395. The maximum atomic E-state index is 0. The van der Waals surface area contributed by atoms with Crippen molar-refractivity contribution in [2.45, 2.75) is 0 Å². The summed E-state index contributed by atoms with van der Waals surface area (Å²) >= 11 is 0. The molecule has 0 heterocycles. The van der Waals surface area contributed by atoms with E-state index in [0.29, 0.717) is 0 Å². The van der Waals surface area contributed by atoms with Crippen LogP contribution in [0.15, 0.2) is 0 Å². The summed E-state index contributed by atoms with van der Waals surface area (Å²) in [5.74, 6) is 0. The molecule has 0 aromatic heterocycles. The molecule has 0 aliphatic rings. The Balaban J connectivity index is 0.